The predicted octanol–water partition coefficient (Wildman–Crippen LogP) is 3.23. The van der Waals surface area contributed by atoms with Gasteiger partial charge in [0, 0.05) is 11.7 Å². The summed E-state index contributed by atoms with van der Waals surface area (Å²) in [6.07, 6.45) is 9.68. The average Bonchev–Trinajstić information content (AvgIpc) is 3.25. The van der Waals surface area contributed by atoms with Crippen molar-refractivity contribution < 1.29 is 9.59 Å². The van der Waals surface area contributed by atoms with E-state index in [0.29, 0.717) is 0 Å². The number of allylic oxidation sites excluding steroid dienone is 3. The standard InChI is InChI=1S/C17H22N2O2/c1-4-12-7-5-6-8-14(12)19-15(11(2)3)16(20)18(17(19)21)13-9-10-13/h4,7-8,11,13,15H,1,5-6,9-10H2,2-3H3. The van der Waals surface area contributed by atoms with Gasteiger partial charge in [-0.25, -0.2) is 4.79 Å². The maximum absolute atomic E-state index is 12.8. The molecule has 1 saturated heterocycles. The lowest BCUT2D eigenvalue weighted by Crippen LogP contribution is -2.39. The Bertz CT molecular complexity index is 555. The minimum atomic E-state index is -0.384. The van der Waals surface area contributed by atoms with E-state index < -0.39 is 0 Å². The largest absolute Gasteiger partial charge is 0.332 e. The highest BCUT2D eigenvalue weighted by Gasteiger charge is 2.52. The van der Waals surface area contributed by atoms with E-state index in [-0.39, 0.29) is 29.9 Å². The smallest absolute Gasteiger partial charge is 0.281 e. The lowest BCUT2D eigenvalue weighted by molar-refractivity contribution is -0.129. The second kappa shape index (κ2) is 5.17. The van der Waals surface area contributed by atoms with E-state index in [1.807, 2.05) is 13.8 Å². The molecule has 1 heterocycles. The van der Waals surface area contributed by atoms with Crippen molar-refractivity contribution in [2.75, 3.05) is 0 Å². The van der Waals surface area contributed by atoms with E-state index in [2.05, 4.69) is 18.7 Å². The number of hydrogen-bond donors (Lipinski definition) is 0. The van der Waals surface area contributed by atoms with Crippen LogP contribution in [0.4, 0.5) is 4.79 Å². The van der Waals surface area contributed by atoms with Crippen LogP contribution in [0, 0.1) is 5.92 Å². The quantitative estimate of drug-likeness (QED) is 0.744. The molecule has 3 amide bonds. The molecule has 2 aliphatic carbocycles. The topological polar surface area (TPSA) is 40.6 Å². The van der Waals surface area contributed by atoms with Gasteiger partial charge < -0.3 is 0 Å². The average molecular weight is 286 g/mol. The molecule has 112 valence electrons. The van der Waals surface area contributed by atoms with E-state index in [9.17, 15) is 9.59 Å². The molecule has 1 saturated carbocycles. The van der Waals surface area contributed by atoms with Gasteiger partial charge in [-0.2, -0.15) is 0 Å². The molecule has 0 aromatic rings. The number of nitrogens with zero attached hydrogens (tertiary/aromatic N) is 2. The Hall–Kier alpha value is -1.84. The molecule has 3 aliphatic rings. The van der Waals surface area contributed by atoms with Crippen molar-refractivity contribution in [3.8, 4) is 0 Å². The zero-order valence-corrected chi connectivity index (χ0v) is 12.7. The summed E-state index contributed by atoms with van der Waals surface area (Å²) in [4.78, 5) is 28.7. The van der Waals surface area contributed by atoms with Crippen LogP contribution < -0.4 is 0 Å². The molecule has 4 nitrogen and oxygen atoms in total. The van der Waals surface area contributed by atoms with Gasteiger partial charge in [0.05, 0.1) is 0 Å². The molecule has 4 heteroatoms. The Labute approximate surface area is 125 Å². The lowest BCUT2D eigenvalue weighted by atomic mass is 9.98. The Morgan fingerprint density at radius 3 is 2.43 bits per heavy atom. The van der Waals surface area contributed by atoms with Gasteiger partial charge in [0.2, 0.25) is 0 Å². The Kier molecular flexibility index (Phi) is 3.47. The lowest BCUT2D eigenvalue weighted by Gasteiger charge is -2.29. The summed E-state index contributed by atoms with van der Waals surface area (Å²) in [5, 5.41) is 0. The molecule has 0 radical (unpaired) electrons. The first-order chi connectivity index (χ1) is 10.1. The van der Waals surface area contributed by atoms with E-state index in [1.165, 1.54) is 4.90 Å². The van der Waals surface area contributed by atoms with Crippen LogP contribution in [0.2, 0.25) is 0 Å². The van der Waals surface area contributed by atoms with Crippen LogP contribution in [0.1, 0.15) is 39.5 Å². The predicted molar refractivity (Wildman–Crippen MR) is 81.3 cm³/mol. The molecule has 3 rings (SSSR count). The number of imide groups is 1. The molecule has 0 aromatic heterocycles. The maximum Gasteiger partial charge on any atom is 0.332 e. The molecule has 1 aliphatic heterocycles. The summed E-state index contributed by atoms with van der Waals surface area (Å²) in [7, 11) is 0. The van der Waals surface area contributed by atoms with Crippen molar-refractivity contribution in [3.63, 3.8) is 0 Å². The van der Waals surface area contributed by atoms with Crippen LogP contribution in [0.15, 0.2) is 36.1 Å². The van der Waals surface area contributed by atoms with Crippen molar-refractivity contribution in [1.29, 1.82) is 0 Å². The number of rotatable bonds is 4. The van der Waals surface area contributed by atoms with Crippen molar-refractivity contribution >= 4 is 11.9 Å². The number of carbonyl (C=O) groups excluding carboxylic acids is 2. The maximum atomic E-state index is 12.8. The fourth-order valence-electron chi connectivity index (χ4n) is 3.19. The highest BCUT2D eigenvalue weighted by molar-refractivity contribution is 6.06. The highest BCUT2D eigenvalue weighted by atomic mass is 16.2. The first-order valence-corrected chi connectivity index (χ1v) is 7.75. The van der Waals surface area contributed by atoms with Gasteiger partial charge in [-0.1, -0.05) is 38.7 Å². The molecule has 0 bridgehead atoms. The van der Waals surface area contributed by atoms with Gasteiger partial charge in [-0.3, -0.25) is 14.6 Å². The van der Waals surface area contributed by atoms with E-state index >= 15 is 0 Å². The fraction of sp³-hybridized carbons (Fsp3) is 0.529. The molecule has 0 spiro atoms. The zero-order chi connectivity index (χ0) is 15.1. The van der Waals surface area contributed by atoms with Crippen LogP contribution >= 0.6 is 0 Å². The Balaban J connectivity index is 2.00. The normalized spacial score (nSPS) is 26.3. The summed E-state index contributed by atoms with van der Waals surface area (Å²) in [5.41, 5.74) is 1.82. The van der Waals surface area contributed by atoms with Crippen molar-refractivity contribution in [2.45, 2.75) is 51.6 Å². The molecule has 1 atom stereocenters. The summed E-state index contributed by atoms with van der Waals surface area (Å²) < 4.78 is 0. The monoisotopic (exact) mass is 286 g/mol. The third kappa shape index (κ3) is 2.23. The van der Waals surface area contributed by atoms with E-state index in [1.54, 1.807) is 11.0 Å². The Morgan fingerprint density at radius 2 is 1.86 bits per heavy atom. The third-order valence-corrected chi connectivity index (χ3v) is 4.37. The first-order valence-electron chi connectivity index (χ1n) is 7.75. The molecule has 21 heavy (non-hydrogen) atoms. The molecule has 0 N–H and O–H groups in total. The van der Waals surface area contributed by atoms with Gasteiger partial charge in [-0.15, -0.1) is 0 Å². The Morgan fingerprint density at radius 1 is 1.19 bits per heavy atom. The molecule has 1 unspecified atom stereocenters. The van der Waals surface area contributed by atoms with Gasteiger partial charge in [0.15, 0.2) is 0 Å². The van der Waals surface area contributed by atoms with E-state index in [0.717, 1.165) is 37.0 Å². The molecular weight excluding hydrogens is 264 g/mol. The zero-order valence-electron chi connectivity index (χ0n) is 12.7. The second-order valence-corrected chi connectivity index (χ2v) is 6.31. The third-order valence-electron chi connectivity index (χ3n) is 4.37. The van der Waals surface area contributed by atoms with Crippen LogP contribution in [0.3, 0.4) is 0 Å². The summed E-state index contributed by atoms with van der Waals surface area (Å²) in [5.74, 6) is 0.0616. The van der Waals surface area contributed by atoms with Crippen molar-refractivity contribution in [3.05, 3.63) is 36.1 Å². The first kappa shape index (κ1) is 14.1. The van der Waals surface area contributed by atoms with Crippen LogP contribution in [-0.4, -0.2) is 33.8 Å². The molecule has 0 aromatic carbocycles. The number of urea groups is 1. The molecular formula is C17H22N2O2. The minimum absolute atomic E-state index is 0.0348. The van der Waals surface area contributed by atoms with Crippen LogP contribution in [-0.2, 0) is 4.79 Å². The summed E-state index contributed by atoms with van der Waals surface area (Å²) in [6.45, 7) is 7.84. The van der Waals surface area contributed by atoms with Crippen LogP contribution in [0.5, 0.6) is 0 Å². The van der Waals surface area contributed by atoms with Gasteiger partial charge in [0.1, 0.15) is 6.04 Å². The number of carbonyl (C=O) groups is 2. The van der Waals surface area contributed by atoms with Crippen molar-refractivity contribution in [1.82, 2.24) is 9.80 Å². The van der Waals surface area contributed by atoms with Crippen LogP contribution in [0.25, 0.3) is 0 Å². The van der Waals surface area contributed by atoms with Gasteiger partial charge >= 0.3 is 6.03 Å². The minimum Gasteiger partial charge on any atom is -0.281 e. The fourth-order valence-corrected chi connectivity index (χ4v) is 3.19. The SMILES string of the molecule is C=CC1=CCCC=C1N1C(=O)N(C2CC2)C(=O)C1C(C)C. The van der Waals surface area contributed by atoms with Crippen molar-refractivity contribution in [2.24, 2.45) is 5.92 Å². The summed E-state index contributed by atoms with van der Waals surface area (Å²) in [6, 6.07) is -0.412. The van der Waals surface area contributed by atoms with E-state index in [4.69, 9.17) is 0 Å². The number of hydrogen-bond acceptors (Lipinski definition) is 2. The summed E-state index contributed by atoms with van der Waals surface area (Å²) >= 11 is 0. The molecule has 2 fully saturated rings. The van der Waals surface area contributed by atoms with Gasteiger partial charge in [-0.05, 0) is 37.2 Å². The van der Waals surface area contributed by atoms with Gasteiger partial charge in [0.25, 0.3) is 5.91 Å². The second-order valence-electron chi connectivity index (χ2n) is 6.31. The number of amides is 3. The highest BCUT2D eigenvalue weighted by Crippen LogP contribution is 2.38.